The number of rotatable bonds is 5. The molecule has 0 amide bonds. The van der Waals surface area contributed by atoms with E-state index in [2.05, 4.69) is 15.2 Å². The van der Waals surface area contributed by atoms with Crippen LogP contribution in [0, 0.1) is 0 Å². The Morgan fingerprint density at radius 2 is 1.73 bits per heavy atom. The topological polar surface area (TPSA) is 80.0 Å². The van der Waals surface area contributed by atoms with Crippen LogP contribution in [0.1, 0.15) is 24.3 Å². The Morgan fingerprint density at radius 1 is 1.00 bits per heavy atom. The molecule has 4 rings (SSSR count). The van der Waals surface area contributed by atoms with Gasteiger partial charge in [0.1, 0.15) is 17.2 Å². The molecule has 0 atom stereocenters. The van der Waals surface area contributed by atoms with E-state index in [0.717, 1.165) is 40.8 Å². The number of nitrogens with one attached hydrogen (secondary N) is 2. The molecule has 134 valence electrons. The van der Waals surface area contributed by atoms with Gasteiger partial charge in [-0.1, -0.05) is 0 Å². The predicted octanol–water partition coefficient (Wildman–Crippen LogP) is 4.34. The summed E-state index contributed by atoms with van der Waals surface area (Å²) < 4.78 is 10.7. The Hall–Kier alpha value is -3.28. The van der Waals surface area contributed by atoms with Crippen LogP contribution in [0.2, 0.25) is 0 Å². The molecule has 0 aliphatic heterocycles. The molecule has 0 unspecified atom stereocenters. The first-order chi connectivity index (χ1) is 12.7. The SMILES string of the molecule is CCOc1ccc2[nH]ccc2c1.CCOc1ccc2n[nH]c(C=O)c2c1. The maximum atomic E-state index is 10.6. The number of aromatic amines is 2. The van der Waals surface area contributed by atoms with Crippen LogP contribution in [0.4, 0.5) is 0 Å². The number of aromatic nitrogens is 3. The Morgan fingerprint density at radius 3 is 2.46 bits per heavy atom. The van der Waals surface area contributed by atoms with Crippen molar-refractivity contribution in [2.45, 2.75) is 13.8 Å². The number of benzene rings is 2. The second-order valence-corrected chi connectivity index (χ2v) is 5.53. The average molecular weight is 351 g/mol. The third kappa shape index (κ3) is 3.85. The predicted molar refractivity (Wildman–Crippen MR) is 102 cm³/mol. The molecule has 0 aliphatic carbocycles. The summed E-state index contributed by atoms with van der Waals surface area (Å²) in [7, 11) is 0. The maximum absolute atomic E-state index is 10.6. The lowest BCUT2D eigenvalue weighted by Gasteiger charge is -2.01. The number of fused-ring (bicyclic) bond motifs is 2. The Kier molecular flexibility index (Phi) is 5.53. The largest absolute Gasteiger partial charge is 0.494 e. The van der Waals surface area contributed by atoms with Crippen molar-refractivity contribution in [3.8, 4) is 11.5 Å². The minimum Gasteiger partial charge on any atom is -0.494 e. The summed E-state index contributed by atoms with van der Waals surface area (Å²) in [6.45, 7) is 5.23. The van der Waals surface area contributed by atoms with Crippen LogP contribution in [-0.2, 0) is 0 Å². The van der Waals surface area contributed by atoms with Crippen LogP contribution in [0.25, 0.3) is 21.8 Å². The molecule has 6 heteroatoms. The minimum absolute atomic E-state index is 0.488. The first-order valence-electron chi connectivity index (χ1n) is 8.51. The fourth-order valence-corrected chi connectivity index (χ4v) is 2.64. The van der Waals surface area contributed by atoms with Gasteiger partial charge >= 0.3 is 0 Å². The lowest BCUT2D eigenvalue weighted by atomic mass is 10.2. The monoisotopic (exact) mass is 351 g/mol. The zero-order valence-corrected chi connectivity index (χ0v) is 14.8. The standard InChI is InChI=1S/C10H10N2O2.C10H11NO/c1-2-14-7-3-4-9-8(5-7)10(6-13)12-11-9;1-2-12-9-3-4-10-8(7-9)5-6-11-10/h3-6H,2H2,1H3,(H,11,12);3-7,11H,2H2,1H3. The van der Waals surface area contributed by atoms with Crippen molar-refractivity contribution < 1.29 is 14.3 Å². The smallest absolute Gasteiger partial charge is 0.168 e. The van der Waals surface area contributed by atoms with Crippen LogP contribution in [0.5, 0.6) is 11.5 Å². The van der Waals surface area contributed by atoms with Gasteiger partial charge < -0.3 is 14.5 Å². The summed E-state index contributed by atoms with van der Waals surface area (Å²) in [5.74, 6) is 1.69. The van der Waals surface area contributed by atoms with Gasteiger partial charge in [0.05, 0.1) is 18.7 Å². The number of aldehydes is 1. The van der Waals surface area contributed by atoms with E-state index in [0.29, 0.717) is 12.3 Å². The molecular formula is C20H21N3O3. The summed E-state index contributed by atoms with van der Waals surface area (Å²) in [5, 5.41) is 8.63. The molecule has 6 nitrogen and oxygen atoms in total. The molecule has 0 spiro atoms. The average Bonchev–Trinajstić information content (AvgIpc) is 3.28. The summed E-state index contributed by atoms with van der Waals surface area (Å²) >= 11 is 0. The van der Waals surface area contributed by atoms with Gasteiger partial charge in [0.25, 0.3) is 0 Å². The number of H-pyrrole nitrogens is 2. The molecule has 2 heterocycles. The van der Waals surface area contributed by atoms with Crippen molar-refractivity contribution in [3.05, 3.63) is 54.4 Å². The number of carbonyl (C=O) groups excluding carboxylic acids is 1. The van der Waals surface area contributed by atoms with Crippen LogP contribution in [-0.4, -0.2) is 34.7 Å². The molecule has 2 N–H and O–H groups in total. The molecule has 0 saturated heterocycles. The second-order valence-electron chi connectivity index (χ2n) is 5.53. The Balaban J connectivity index is 0.000000152. The van der Waals surface area contributed by atoms with E-state index in [9.17, 15) is 4.79 Å². The van der Waals surface area contributed by atoms with Gasteiger partial charge in [-0.25, -0.2) is 0 Å². The fraction of sp³-hybridized carbons (Fsp3) is 0.200. The molecule has 4 aromatic rings. The van der Waals surface area contributed by atoms with Crippen molar-refractivity contribution >= 4 is 28.1 Å². The van der Waals surface area contributed by atoms with Gasteiger partial charge in [0.2, 0.25) is 0 Å². The van der Waals surface area contributed by atoms with Gasteiger partial charge in [-0.15, -0.1) is 0 Å². The maximum Gasteiger partial charge on any atom is 0.168 e. The highest BCUT2D eigenvalue weighted by molar-refractivity contribution is 5.95. The normalized spacial score (nSPS) is 10.4. The van der Waals surface area contributed by atoms with Gasteiger partial charge in [-0.2, -0.15) is 5.10 Å². The van der Waals surface area contributed by atoms with Crippen LogP contribution in [0.15, 0.2) is 48.7 Å². The highest BCUT2D eigenvalue weighted by Gasteiger charge is 2.05. The summed E-state index contributed by atoms with van der Waals surface area (Å²) in [4.78, 5) is 13.8. The number of hydrogen-bond donors (Lipinski definition) is 2. The number of ether oxygens (including phenoxy) is 2. The van der Waals surface area contributed by atoms with Gasteiger partial charge in [-0.3, -0.25) is 9.89 Å². The second kappa shape index (κ2) is 8.20. The summed E-state index contributed by atoms with van der Waals surface area (Å²) in [6, 6.07) is 13.5. The minimum atomic E-state index is 0.488. The number of hydrogen-bond acceptors (Lipinski definition) is 4. The molecule has 0 radical (unpaired) electrons. The third-order valence-corrected chi connectivity index (χ3v) is 3.82. The molecule has 0 aliphatic rings. The molecule has 2 aromatic carbocycles. The van der Waals surface area contributed by atoms with Crippen LogP contribution in [0.3, 0.4) is 0 Å². The van der Waals surface area contributed by atoms with E-state index in [-0.39, 0.29) is 0 Å². The third-order valence-electron chi connectivity index (χ3n) is 3.82. The van der Waals surface area contributed by atoms with Gasteiger partial charge in [-0.05, 0) is 56.3 Å². The van der Waals surface area contributed by atoms with E-state index in [1.165, 1.54) is 5.39 Å². The van der Waals surface area contributed by atoms with E-state index in [1.54, 1.807) is 0 Å². The molecule has 0 fully saturated rings. The lowest BCUT2D eigenvalue weighted by Crippen LogP contribution is -1.90. The first-order valence-corrected chi connectivity index (χ1v) is 8.51. The van der Waals surface area contributed by atoms with E-state index < -0.39 is 0 Å². The molecular weight excluding hydrogens is 330 g/mol. The van der Waals surface area contributed by atoms with E-state index in [4.69, 9.17) is 9.47 Å². The first kappa shape index (κ1) is 17.5. The van der Waals surface area contributed by atoms with Crippen molar-refractivity contribution in [2.75, 3.05) is 13.2 Å². The van der Waals surface area contributed by atoms with Crippen molar-refractivity contribution in [3.63, 3.8) is 0 Å². The van der Waals surface area contributed by atoms with E-state index >= 15 is 0 Å². The number of carbonyl (C=O) groups is 1. The van der Waals surface area contributed by atoms with Crippen LogP contribution < -0.4 is 9.47 Å². The molecule has 26 heavy (non-hydrogen) atoms. The Labute approximate surface area is 151 Å². The quantitative estimate of drug-likeness (QED) is 0.524. The molecule has 0 bridgehead atoms. The van der Waals surface area contributed by atoms with Gasteiger partial charge in [0, 0.05) is 22.5 Å². The number of nitrogens with zero attached hydrogens (tertiary/aromatic N) is 1. The Bertz CT molecular complexity index is 1000. The summed E-state index contributed by atoms with van der Waals surface area (Å²) in [6.07, 6.45) is 2.69. The zero-order valence-electron chi connectivity index (χ0n) is 14.8. The van der Waals surface area contributed by atoms with E-state index in [1.807, 2.05) is 62.5 Å². The highest BCUT2D eigenvalue weighted by Crippen LogP contribution is 2.21. The van der Waals surface area contributed by atoms with Crippen molar-refractivity contribution in [1.29, 1.82) is 0 Å². The van der Waals surface area contributed by atoms with Crippen LogP contribution >= 0.6 is 0 Å². The highest BCUT2D eigenvalue weighted by atomic mass is 16.5. The summed E-state index contributed by atoms with van der Waals surface area (Å²) in [5.41, 5.74) is 2.41. The molecule has 0 saturated carbocycles. The zero-order chi connectivity index (χ0) is 18.4. The fourth-order valence-electron chi connectivity index (χ4n) is 2.64. The van der Waals surface area contributed by atoms with Crippen molar-refractivity contribution in [2.24, 2.45) is 0 Å². The van der Waals surface area contributed by atoms with Gasteiger partial charge in [0.15, 0.2) is 6.29 Å². The molecule has 2 aromatic heterocycles. The van der Waals surface area contributed by atoms with Crippen molar-refractivity contribution in [1.82, 2.24) is 15.2 Å². The lowest BCUT2D eigenvalue weighted by molar-refractivity contribution is 0.112.